The van der Waals surface area contributed by atoms with Crippen molar-refractivity contribution in [2.24, 2.45) is 0 Å². The standard InChI is InChI=1S/C21H25N3O5S/c1-3-29-21(26)17-4-8-18(9-5-17)22-20(25)16-6-10-19(11-7-16)30(27,28)24-14-12-23(2)13-15-24/h4-11H,3,12-15H2,1-2H3,(H,22,25). The number of rotatable bonds is 6. The highest BCUT2D eigenvalue weighted by atomic mass is 32.2. The zero-order valence-electron chi connectivity index (χ0n) is 17.0. The van der Waals surface area contributed by atoms with Crippen molar-refractivity contribution in [3.8, 4) is 0 Å². The fourth-order valence-electron chi connectivity index (χ4n) is 3.06. The number of carbonyl (C=O) groups is 2. The van der Waals surface area contributed by atoms with Crippen LogP contribution >= 0.6 is 0 Å². The summed E-state index contributed by atoms with van der Waals surface area (Å²) in [4.78, 5) is 26.4. The van der Waals surface area contributed by atoms with E-state index in [1.54, 1.807) is 31.2 Å². The summed E-state index contributed by atoms with van der Waals surface area (Å²) < 4.78 is 31.9. The van der Waals surface area contributed by atoms with Gasteiger partial charge in [-0.1, -0.05) is 0 Å². The molecule has 30 heavy (non-hydrogen) atoms. The number of esters is 1. The molecule has 160 valence electrons. The Bertz CT molecular complexity index is 996. The number of nitrogens with zero attached hydrogens (tertiary/aromatic N) is 2. The number of ether oxygens (including phenoxy) is 1. The van der Waals surface area contributed by atoms with E-state index >= 15 is 0 Å². The lowest BCUT2D eigenvalue weighted by atomic mass is 10.2. The molecule has 2 aromatic rings. The predicted octanol–water partition coefficient (Wildman–Crippen LogP) is 2.05. The maximum atomic E-state index is 12.8. The van der Waals surface area contributed by atoms with Crippen LogP contribution in [0.1, 0.15) is 27.6 Å². The third kappa shape index (κ3) is 5.05. The first kappa shape index (κ1) is 21.9. The minimum absolute atomic E-state index is 0.169. The highest BCUT2D eigenvalue weighted by Gasteiger charge is 2.27. The lowest BCUT2D eigenvalue weighted by Gasteiger charge is -2.31. The Labute approximate surface area is 176 Å². The van der Waals surface area contributed by atoms with Gasteiger partial charge in [0.15, 0.2) is 0 Å². The fourth-order valence-corrected chi connectivity index (χ4v) is 4.49. The third-order valence-corrected chi connectivity index (χ3v) is 6.78. The smallest absolute Gasteiger partial charge is 0.338 e. The van der Waals surface area contributed by atoms with Gasteiger partial charge in [-0.3, -0.25) is 4.79 Å². The first-order valence-electron chi connectivity index (χ1n) is 9.68. The molecule has 2 aromatic carbocycles. The van der Waals surface area contributed by atoms with Crippen LogP contribution in [0.4, 0.5) is 5.69 Å². The largest absolute Gasteiger partial charge is 0.462 e. The summed E-state index contributed by atoms with van der Waals surface area (Å²) in [6.45, 7) is 4.29. The van der Waals surface area contributed by atoms with Gasteiger partial charge in [0.25, 0.3) is 5.91 Å². The number of amides is 1. The van der Waals surface area contributed by atoms with Gasteiger partial charge in [0.1, 0.15) is 0 Å². The minimum Gasteiger partial charge on any atom is -0.462 e. The molecule has 0 spiro atoms. The van der Waals surface area contributed by atoms with Crippen LogP contribution in [0.2, 0.25) is 0 Å². The highest BCUT2D eigenvalue weighted by Crippen LogP contribution is 2.19. The number of nitrogens with one attached hydrogen (secondary N) is 1. The zero-order chi connectivity index (χ0) is 21.7. The van der Waals surface area contributed by atoms with E-state index in [1.165, 1.54) is 28.6 Å². The molecule has 8 nitrogen and oxygen atoms in total. The number of hydrogen-bond donors (Lipinski definition) is 1. The molecule has 0 atom stereocenters. The van der Waals surface area contributed by atoms with E-state index in [9.17, 15) is 18.0 Å². The SMILES string of the molecule is CCOC(=O)c1ccc(NC(=O)c2ccc(S(=O)(=O)N3CCN(C)CC3)cc2)cc1. The van der Waals surface area contributed by atoms with Gasteiger partial charge in [0.2, 0.25) is 10.0 Å². The number of anilines is 1. The first-order valence-corrected chi connectivity index (χ1v) is 11.1. The summed E-state index contributed by atoms with van der Waals surface area (Å²) in [6, 6.07) is 12.2. The number of carbonyl (C=O) groups excluding carboxylic acids is 2. The monoisotopic (exact) mass is 431 g/mol. The van der Waals surface area contributed by atoms with Crippen LogP contribution in [0.3, 0.4) is 0 Å². The summed E-state index contributed by atoms with van der Waals surface area (Å²) in [7, 11) is -1.61. The lowest BCUT2D eigenvalue weighted by Crippen LogP contribution is -2.47. The Hall–Kier alpha value is -2.75. The van der Waals surface area contributed by atoms with Crippen LogP contribution in [-0.2, 0) is 14.8 Å². The Morgan fingerprint density at radius 1 is 0.933 bits per heavy atom. The molecular formula is C21H25N3O5S. The molecule has 0 aromatic heterocycles. The van der Waals surface area contributed by atoms with Crippen LogP contribution in [0.15, 0.2) is 53.4 Å². The van der Waals surface area contributed by atoms with Crippen LogP contribution < -0.4 is 5.32 Å². The molecule has 0 unspecified atom stereocenters. The van der Waals surface area contributed by atoms with E-state index in [0.29, 0.717) is 43.0 Å². The number of piperazine rings is 1. The maximum absolute atomic E-state index is 12.8. The molecule has 1 heterocycles. The molecule has 1 fully saturated rings. The Balaban J connectivity index is 1.66. The molecule has 0 saturated carbocycles. The van der Waals surface area contributed by atoms with Gasteiger partial charge >= 0.3 is 5.97 Å². The predicted molar refractivity (Wildman–Crippen MR) is 113 cm³/mol. The molecule has 0 aliphatic carbocycles. The van der Waals surface area contributed by atoms with Crippen molar-refractivity contribution >= 4 is 27.6 Å². The van der Waals surface area contributed by atoms with Crippen molar-refractivity contribution in [2.45, 2.75) is 11.8 Å². The molecule has 3 rings (SSSR count). The zero-order valence-corrected chi connectivity index (χ0v) is 17.8. The molecule has 1 N–H and O–H groups in total. The van der Waals surface area contributed by atoms with E-state index in [2.05, 4.69) is 10.2 Å². The topological polar surface area (TPSA) is 96.0 Å². The number of benzene rings is 2. The second kappa shape index (κ2) is 9.38. The normalized spacial score (nSPS) is 15.5. The van der Waals surface area contributed by atoms with Gasteiger partial charge in [0, 0.05) is 37.4 Å². The average Bonchev–Trinajstić information content (AvgIpc) is 2.75. The summed E-state index contributed by atoms with van der Waals surface area (Å²) in [5, 5.41) is 2.73. The van der Waals surface area contributed by atoms with Gasteiger partial charge in [-0.2, -0.15) is 4.31 Å². The summed E-state index contributed by atoms with van der Waals surface area (Å²) in [6.07, 6.45) is 0. The average molecular weight is 432 g/mol. The van der Waals surface area contributed by atoms with Crippen LogP contribution in [0, 0.1) is 0 Å². The van der Waals surface area contributed by atoms with Gasteiger partial charge in [0.05, 0.1) is 17.1 Å². The summed E-state index contributed by atoms with van der Waals surface area (Å²) in [5.41, 5.74) is 1.25. The Morgan fingerprint density at radius 2 is 1.50 bits per heavy atom. The number of hydrogen-bond acceptors (Lipinski definition) is 6. The van der Waals surface area contributed by atoms with Gasteiger partial charge < -0.3 is 15.0 Å². The van der Waals surface area contributed by atoms with Crippen molar-refractivity contribution < 1.29 is 22.7 Å². The van der Waals surface area contributed by atoms with Gasteiger partial charge in [-0.25, -0.2) is 13.2 Å². The second-order valence-corrected chi connectivity index (χ2v) is 8.92. The molecule has 1 aliphatic rings. The lowest BCUT2D eigenvalue weighted by molar-refractivity contribution is 0.0526. The van der Waals surface area contributed by atoms with E-state index in [0.717, 1.165) is 0 Å². The highest BCUT2D eigenvalue weighted by molar-refractivity contribution is 7.89. The molecule has 1 saturated heterocycles. The Morgan fingerprint density at radius 3 is 2.07 bits per heavy atom. The van der Waals surface area contributed by atoms with Gasteiger partial charge in [-0.05, 0) is 62.5 Å². The number of likely N-dealkylation sites (N-methyl/N-ethyl adjacent to an activating group) is 1. The van der Waals surface area contributed by atoms with Crippen molar-refractivity contribution in [3.05, 3.63) is 59.7 Å². The quantitative estimate of drug-likeness (QED) is 0.704. The summed E-state index contributed by atoms with van der Waals surface area (Å²) in [5.74, 6) is -0.796. The first-order chi connectivity index (χ1) is 14.3. The van der Waals surface area contributed by atoms with Crippen LogP contribution in [0.25, 0.3) is 0 Å². The van der Waals surface area contributed by atoms with Gasteiger partial charge in [-0.15, -0.1) is 0 Å². The molecule has 1 amide bonds. The van der Waals surface area contributed by atoms with E-state index < -0.39 is 16.0 Å². The molecule has 0 radical (unpaired) electrons. The second-order valence-electron chi connectivity index (χ2n) is 6.98. The van der Waals surface area contributed by atoms with E-state index in [4.69, 9.17) is 4.74 Å². The molecule has 9 heteroatoms. The van der Waals surface area contributed by atoms with Crippen LogP contribution in [0.5, 0.6) is 0 Å². The molecular weight excluding hydrogens is 406 g/mol. The van der Waals surface area contributed by atoms with E-state index in [-0.39, 0.29) is 17.4 Å². The van der Waals surface area contributed by atoms with Crippen molar-refractivity contribution in [2.75, 3.05) is 45.2 Å². The minimum atomic E-state index is -3.57. The molecule has 0 bridgehead atoms. The molecule has 1 aliphatic heterocycles. The van der Waals surface area contributed by atoms with E-state index in [1.807, 2.05) is 7.05 Å². The maximum Gasteiger partial charge on any atom is 0.338 e. The van der Waals surface area contributed by atoms with Crippen molar-refractivity contribution in [1.29, 1.82) is 0 Å². The Kier molecular flexibility index (Phi) is 6.86. The summed E-state index contributed by atoms with van der Waals surface area (Å²) >= 11 is 0. The fraction of sp³-hybridized carbons (Fsp3) is 0.333. The van der Waals surface area contributed by atoms with Crippen LogP contribution in [-0.4, -0.2) is 69.3 Å². The third-order valence-electron chi connectivity index (χ3n) is 4.87. The van der Waals surface area contributed by atoms with Crippen molar-refractivity contribution in [3.63, 3.8) is 0 Å². The number of sulfonamides is 1. The van der Waals surface area contributed by atoms with Crippen molar-refractivity contribution in [1.82, 2.24) is 9.21 Å².